The molecule has 0 fully saturated rings. The fourth-order valence-electron chi connectivity index (χ4n) is 1.63. The largest absolute Gasteiger partial charge is 0.416 e. The molecule has 20 heavy (non-hydrogen) atoms. The molecule has 1 rings (SSSR count). The summed E-state index contributed by atoms with van der Waals surface area (Å²) in [5.41, 5.74) is 2.47. The molecular formula is C14H21F3N2O. The van der Waals surface area contributed by atoms with E-state index >= 15 is 0 Å². The maximum Gasteiger partial charge on any atom is 0.416 e. The van der Waals surface area contributed by atoms with Gasteiger partial charge in [-0.15, -0.1) is 0 Å². The second-order valence-electron chi connectivity index (χ2n) is 5.69. The average Bonchev–Trinajstić information content (AvgIpc) is 2.33. The number of halogens is 3. The van der Waals surface area contributed by atoms with E-state index in [4.69, 9.17) is 10.6 Å². The highest BCUT2D eigenvalue weighted by Crippen LogP contribution is 2.29. The summed E-state index contributed by atoms with van der Waals surface area (Å²) in [5.74, 6) is 5.44. The Morgan fingerprint density at radius 3 is 2.10 bits per heavy atom. The van der Waals surface area contributed by atoms with Gasteiger partial charge in [0.15, 0.2) is 0 Å². The minimum atomic E-state index is -4.31. The van der Waals surface area contributed by atoms with Gasteiger partial charge in [-0.3, -0.25) is 11.3 Å². The number of ether oxygens (including phenoxy) is 1. The SMILES string of the molecule is CC(C)(C)OCC(Cc1ccc(C(F)(F)F)cc1)NN. The summed E-state index contributed by atoms with van der Waals surface area (Å²) >= 11 is 0. The third-order valence-electron chi connectivity index (χ3n) is 2.72. The first-order valence-corrected chi connectivity index (χ1v) is 6.38. The molecule has 0 saturated carbocycles. The summed E-state index contributed by atoms with van der Waals surface area (Å²) in [6, 6.07) is 4.93. The van der Waals surface area contributed by atoms with E-state index in [1.165, 1.54) is 12.1 Å². The van der Waals surface area contributed by atoms with E-state index in [2.05, 4.69) is 5.43 Å². The van der Waals surface area contributed by atoms with E-state index in [-0.39, 0.29) is 11.6 Å². The molecule has 0 aliphatic rings. The average molecular weight is 290 g/mol. The lowest BCUT2D eigenvalue weighted by molar-refractivity contribution is -0.137. The Bertz CT molecular complexity index is 410. The Labute approximate surface area is 117 Å². The number of nitrogens with one attached hydrogen (secondary N) is 1. The smallest absolute Gasteiger partial charge is 0.374 e. The fraction of sp³-hybridized carbons (Fsp3) is 0.571. The molecule has 3 nitrogen and oxygen atoms in total. The molecule has 6 heteroatoms. The van der Waals surface area contributed by atoms with Crippen molar-refractivity contribution in [3.8, 4) is 0 Å². The number of nitrogens with two attached hydrogens (primary N) is 1. The van der Waals surface area contributed by atoms with Crippen LogP contribution in [0.4, 0.5) is 13.2 Å². The monoisotopic (exact) mass is 290 g/mol. The first-order chi connectivity index (χ1) is 9.12. The van der Waals surface area contributed by atoms with Crippen LogP contribution < -0.4 is 11.3 Å². The molecule has 0 spiro atoms. The van der Waals surface area contributed by atoms with Gasteiger partial charge >= 0.3 is 6.18 Å². The maximum absolute atomic E-state index is 12.4. The van der Waals surface area contributed by atoms with Crippen LogP contribution >= 0.6 is 0 Å². The van der Waals surface area contributed by atoms with Crippen LogP contribution in [0.3, 0.4) is 0 Å². The summed E-state index contributed by atoms with van der Waals surface area (Å²) in [5, 5.41) is 0. The van der Waals surface area contributed by atoms with Crippen molar-refractivity contribution >= 4 is 0 Å². The van der Waals surface area contributed by atoms with Crippen molar-refractivity contribution in [3.05, 3.63) is 35.4 Å². The molecule has 0 radical (unpaired) electrons. The molecule has 0 amide bonds. The van der Waals surface area contributed by atoms with E-state index in [9.17, 15) is 13.2 Å². The molecule has 0 aliphatic carbocycles. The summed E-state index contributed by atoms with van der Waals surface area (Å²) in [4.78, 5) is 0. The van der Waals surface area contributed by atoms with Crippen molar-refractivity contribution in [3.63, 3.8) is 0 Å². The van der Waals surface area contributed by atoms with Gasteiger partial charge in [-0.25, -0.2) is 0 Å². The number of benzene rings is 1. The predicted octanol–water partition coefficient (Wildman–Crippen LogP) is 2.89. The summed E-state index contributed by atoms with van der Waals surface area (Å²) in [6.07, 6.45) is -3.80. The molecule has 1 unspecified atom stereocenters. The quantitative estimate of drug-likeness (QED) is 0.647. The lowest BCUT2D eigenvalue weighted by Gasteiger charge is -2.24. The van der Waals surface area contributed by atoms with Crippen molar-refractivity contribution in [2.45, 2.75) is 45.0 Å². The van der Waals surface area contributed by atoms with Crippen LogP contribution in [0.15, 0.2) is 24.3 Å². The lowest BCUT2D eigenvalue weighted by Crippen LogP contribution is -2.42. The summed E-state index contributed by atoms with van der Waals surface area (Å²) in [7, 11) is 0. The number of hydrazine groups is 1. The van der Waals surface area contributed by atoms with Gasteiger partial charge in [0.05, 0.1) is 17.8 Å². The number of alkyl halides is 3. The topological polar surface area (TPSA) is 47.3 Å². The number of hydrogen-bond acceptors (Lipinski definition) is 3. The Morgan fingerprint density at radius 2 is 1.70 bits per heavy atom. The van der Waals surface area contributed by atoms with Gasteiger partial charge in [0, 0.05) is 6.04 Å². The minimum Gasteiger partial charge on any atom is -0.374 e. The van der Waals surface area contributed by atoms with Crippen molar-refractivity contribution in [1.82, 2.24) is 5.43 Å². The van der Waals surface area contributed by atoms with Gasteiger partial charge in [-0.05, 0) is 44.9 Å². The zero-order valence-electron chi connectivity index (χ0n) is 11.9. The normalized spacial score (nSPS) is 14.3. The highest BCUT2D eigenvalue weighted by Gasteiger charge is 2.30. The molecule has 3 N–H and O–H groups in total. The standard InChI is InChI=1S/C14H21F3N2O/c1-13(2,3)20-9-12(19-18)8-10-4-6-11(7-5-10)14(15,16)17/h4-7,12,19H,8-9,18H2,1-3H3. The molecule has 0 heterocycles. The second-order valence-corrected chi connectivity index (χ2v) is 5.69. The number of rotatable bonds is 5. The zero-order valence-corrected chi connectivity index (χ0v) is 11.9. The van der Waals surface area contributed by atoms with Crippen LogP contribution in [0.5, 0.6) is 0 Å². The molecule has 1 atom stereocenters. The molecular weight excluding hydrogens is 269 g/mol. The van der Waals surface area contributed by atoms with Crippen LogP contribution in [0, 0.1) is 0 Å². The van der Waals surface area contributed by atoms with Gasteiger partial charge < -0.3 is 4.74 Å². The lowest BCUT2D eigenvalue weighted by atomic mass is 10.0. The van der Waals surface area contributed by atoms with Crippen molar-refractivity contribution in [2.24, 2.45) is 5.84 Å². The molecule has 0 saturated heterocycles. The van der Waals surface area contributed by atoms with E-state index in [1.807, 2.05) is 20.8 Å². The van der Waals surface area contributed by atoms with E-state index < -0.39 is 11.7 Å². The first-order valence-electron chi connectivity index (χ1n) is 6.38. The highest BCUT2D eigenvalue weighted by atomic mass is 19.4. The molecule has 0 aliphatic heterocycles. The minimum absolute atomic E-state index is 0.147. The van der Waals surface area contributed by atoms with Crippen molar-refractivity contribution < 1.29 is 17.9 Å². The number of hydrogen-bond donors (Lipinski definition) is 2. The Kier molecular flexibility index (Phi) is 5.56. The summed E-state index contributed by atoms with van der Waals surface area (Å²) < 4.78 is 43.0. The van der Waals surface area contributed by atoms with Crippen molar-refractivity contribution in [1.29, 1.82) is 0 Å². The summed E-state index contributed by atoms with van der Waals surface area (Å²) in [6.45, 7) is 6.18. The molecule has 1 aromatic rings. The molecule has 0 aromatic heterocycles. The van der Waals surface area contributed by atoms with E-state index in [0.29, 0.717) is 13.0 Å². The van der Waals surface area contributed by atoms with Gasteiger partial charge in [-0.1, -0.05) is 12.1 Å². The maximum atomic E-state index is 12.4. The highest BCUT2D eigenvalue weighted by molar-refractivity contribution is 5.25. The molecule has 114 valence electrons. The predicted molar refractivity (Wildman–Crippen MR) is 72.0 cm³/mol. The van der Waals surface area contributed by atoms with Crippen LogP contribution in [0.1, 0.15) is 31.9 Å². The Hall–Kier alpha value is -1.11. The molecule has 0 bridgehead atoms. The van der Waals surface area contributed by atoms with Gasteiger partial charge in [0.1, 0.15) is 0 Å². The van der Waals surface area contributed by atoms with E-state index in [1.54, 1.807) is 0 Å². The van der Waals surface area contributed by atoms with Crippen LogP contribution in [0.25, 0.3) is 0 Å². The van der Waals surface area contributed by atoms with Gasteiger partial charge in [0.2, 0.25) is 0 Å². The van der Waals surface area contributed by atoms with Crippen LogP contribution in [-0.4, -0.2) is 18.2 Å². The van der Waals surface area contributed by atoms with E-state index in [0.717, 1.165) is 17.7 Å². The Balaban J connectivity index is 2.62. The van der Waals surface area contributed by atoms with Gasteiger partial charge in [-0.2, -0.15) is 13.2 Å². The van der Waals surface area contributed by atoms with Crippen LogP contribution in [-0.2, 0) is 17.3 Å². The third-order valence-corrected chi connectivity index (χ3v) is 2.72. The molecule has 1 aromatic carbocycles. The van der Waals surface area contributed by atoms with Crippen molar-refractivity contribution in [2.75, 3.05) is 6.61 Å². The van der Waals surface area contributed by atoms with Gasteiger partial charge in [0.25, 0.3) is 0 Å². The zero-order chi connectivity index (χ0) is 15.4. The fourth-order valence-corrected chi connectivity index (χ4v) is 1.63. The Morgan fingerprint density at radius 1 is 1.15 bits per heavy atom. The third kappa shape index (κ3) is 5.90. The first kappa shape index (κ1) is 16.9. The van der Waals surface area contributed by atoms with Crippen LogP contribution in [0.2, 0.25) is 0 Å². The second kappa shape index (κ2) is 6.56.